The number of sulfonamides is 1. The minimum Gasteiger partial charge on any atom is -0.497 e. The number of esters is 1. The predicted octanol–water partition coefficient (Wildman–Crippen LogP) is 1.56. The molecular weight excluding hydrogens is 315 g/mol. The third-order valence-electron chi connectivity index (χ3n) is 2.22. The summed E-state index contributed by atoms with van der Waals surface area (Å²) in [5.74, 6) is -1.58. The molecule has 0 fully saturated rings. The number of benzene rings is 1. The Morgan fingerprint density at radius 1 is 1.14 bits per heavy atom. The van der Waals surface area contributed by atoms with Gasteiger partial charge in [0.1, 0.15) is 5.75 Å². The van der Waals surface area contributed by atoms with Crippen molar-refractivity contribution in [2.45, 2.75) is 11.1 Å². The Balaban J connectivity index is 3.32. The summed E-state index contributed by atoms with van der Waals surface area (Å²) in [6.45, 7) is 0. The minimum absolute atomic E-state index is 0.307. The number of hydrogen-bond acceptors (Lipinski definition) is 5. The maximum absolute atomic E-state index is 12.6. The molecule has 0 aromatic heterocycles. The summed E-state index contributed by atoms with van der Waals surface area (Å²) < 4.78 is 72.6. The van der Waals surface area contributed by atoms with Gasteiger partial charge >= 0.3 is 12.1 Å². The molecule has 21 heavy (non-hydrogen) atoms. The Morgan fingerprint density at radius 3 is 2.05 bits per heavy atom. The molecule has 0 saturated carbocycles. The highest BCUT2D eigenvalue weighted by Gasteiger charge is 2.43. The van der Waals surface area contributed by atoms with E-state index in [0.29, 0.717) is 12.9 Å². The topological polar surface area (TPSA) is 82.0 Å². The molecule has 0 N–H and O–H groups in total. The number of carbonyl (C=O) groups excluding carboxylic acids is 1. The zero-order chi connectivity index (χ0) is 16.3. The van der Waals surface area contributed by atoms with Crippen LogP contribution < -0.4 is 4.74 Å². The lowest BCUT2D eigenvalue weighted by Crippen LogP contribution is -2.33. The number of nitrogens with zero attached hydrogens (tertiary/aromatic N) is 1. The van der Waals surface area contributed by atoms with Crippen LogP contribution in [0.3, 0.4) is 0 Å². The Hall–Kier alpha value is -2.10. The molecule has 0 atom stereocenters. The molecule has 1 rings (SSSR count). The van der Waals surface area contributed by atoms with Gasteiger partial charge in [0.2, 0.25) is 5.71 Å². The number of hydrogen-bond donors (Lipinski definition) is 0. The first-order valence-corrected chi connectivity index (χ1v) is 6.70. The first kappa shape index (κ1) is 17.0. The lowest BCUT2D eigenvalue weighted by atomic mass is 10.3. The van der Waals surface area contributed by atoms with Crippen LogP contribution in [0.5, 0.6) is 5.75 Å². The predicted molar refractivity (Wildman–Crippen MR) is 65.7 cm³/mol. The standard InChI is InChI=1S/C11H10F3NO5S/c1-19-7-3-5-8(6-4-7)21(17,18)15-9(10(16)20-2)11(12,13)14/h3-6H,1-2H3/b15-9+. The van der Waals surface area contributed by atoms with Gasteiger partial charge in [-0.05, 0) is 24.3 Å². The van der Waals surface area contributed by atoms with Crippen molar-refractivity contribution in [2.75, 3.05) is 14.2 Å². The fourth-order valence-corrected chi connectivity index (χ4v) is 2.23. The summed E-state index contributed by atoms with van der Waals surface area (Å²) in [6, 6.07) is 4.47. The van der Waals surface area contributed by atoms with Crippen LogP contribution in [0, 0.1) is 0 Å². The number of methoxy groups -OCH3 is 2. The fourth-order valence-electron chi connectivity index (χ4n) is 1.22. The average molecular weight is 325 g/mol. The van der Waals surface area contributed by atoms with Gasteiger partial charge < -0.3 is 9.47 Å². The summed E-state index contributed by atoms with van der Waals surface area (Å²) in [5, 5.41) is 0. The van der Waals surface area contributed by atoms with Crippen molar-refractivity contribution in [3.8, 4) is 5.75 Å². The second-order valence-corrected chi connectivity index (χ2v) is 5.18. The third-order valence-corrected chi connectivity index (χ3v) is 3.51. The molecule has 0 spiro atoms. The Bertz CT molecular complexity index is 649. The summed E-state index contributed by atoms with van der Waals surface area (Å²) in [7, 11) is -2.69. The van der Waals surface area contributed by atoms with E-state index in [9.17, 15) is 26.4 Å². The van der Waals surface area contributed by atoms with Crippen LogP contribution in [0.4, 0.5) is 13.2 Å². The highest BCUT2D eigenvalue weighted by Crippen LogP contribution is 2.23. The molecule has 0 unspecified atom stereocenters. The van der Waals surface area contributed by atoms with Crippen LogP contribution in [-0.4, -0.2) is 40.5 Å². The Labute approximate surface area is 118 Å². The molecule has 0 bridgehead atoms. The van der Waals surface area contributed by atoms with Gasteiger partial charge in [0.15, 0.2) is 0 Å². The molecule has 0 aliphatic rings. The van der Waals surface area contributed by atoms with E-state index < -0.39 is 32.8 Å². The van der Waals surface area contributed by atoms with Gasteiger partial charge in [-0.3, -0.25) is 0 Å². The van der Waals surface area contributed by atoms with Crippen LogP contribution in [0.1, 0.15) is 0 Å². The summed E-state index contributed by atoms with van der Waals surface area (Å²) in [4.78, 5) is 10.5. The molecule has 1 aromatic carbocycles. The molecular formula is C11H10F3NO5S. The van der Waals surface area contributed by atoms with Crippen molar-refractivity contribution in [1.29, 1.82) is 0 Å². The van der Waals surface area contributed by atoms with E-state index in [0.717, 1.165) is 12.1 Å². The van der Waals surface area contributed by atoms with Crippen molar-refractivity contribution in [3.05, 3.63) is 24.3 Å². The van der Waals surface area contributed by atoms with Crippen LogP contribution >= 0.6 is 0 Å². The SMILES string of the molecule is COC(=O)/C(=N\S(=O)(=O)c1ccc(OC)cc1)C(F)(F)F. The van der Waals surface area contributed by atoms with E-state index in [4.69, 9.17) is 4.74 Å². The zero-order valence-electron chi connectivity index (χ0n) is 10.8. The van der Waals surface area contributed by atoms with Crippen LogP contribution in [0.2, 0.25) is 0 Å². The number of rotatable bonds is 4. The Morgan fingerprint density at radius 2 is 1.67 bits per heavy atom. The van der Waals surface area contributed by atoms with Crippen molar-refractivity contribution >= 4 is 21.7 Å². The zero-order valence-corrected chi connectivity index (χ0v) is 11.7. The molecule has 1 aromatic rings. The minimum atomic E-state index is -5.26. The maximum Gasteiger partial charge on any atom is 0.441 e. The number of ether oxygens (including phenoxy) is 2. The van der Waals surface area contributed by atoms with E-state index in [-0.39, 0.29) is 0 Å². The van der Waals surface area contributed by atoms with Crippen LogP contribution in [-0.2, 0) is 19.6 Å². The normalized spacial score (nSPS) is 12.9. The van der Waals surface area contributed by atoms with Gasteiger partial charge in [0, 0.05) is 0 Å². The van der Waals surface area contributed by atoms with Gasteiger partial charge in [0.25, 0.3) is 10.0 Å². The van der Waals surface area contributed by atoms with Crippen molar-refractivity contribution in [1.82, 2.24) is 0 Å². The maximum atomic E-state index is 12.6. The number of carbonyl (C=O) groups is 1. The quantitative estimate of drug-likeness (QED) is 0.620. The van der Waals surface area contributed by atoms with E-state index in [1.165, 1.54) is 19.2 Å². The van der Waals surface area contributed by atoms with E-state index >= 15 is 0 Å². The van der Waals surface area contributed by atoms with Gasteiger partial charge in [-0.1, -0.05) is 0 Å². The molecule has 116 valence electrons. The van der Waals surface area contributed by atoms with Crippen molar-refractivity contribution in [3.63, 3.8) is 0 Å². The highest BCUT2D eigenvalue weighted by atomic mass is 32.2. The molecule has 0 radical (unpaired) electrons. The molecule has 0 amide bonds. The second-order valence-electron chi connectivity index (χ2n) is 3.58. The molecule has 6 nitrogen and oxygen atoms in total. The molecule has 0 aliphatic heterocycles. The lowest BCUT2D eigenvalue weighted by Gasteiger charge is -2.08. The summed E-state index contributed by atoms with van der Waals surface area (Å²) >= 11 is 0. The first-order valence-electron chi connectivity index (χ1n) is 5.26. The largest absolute Gasteiger partial charge is 0.497 e. The third kappa shape index (κ3) is 4.18. The Kier molecular flexibility index (Phi) is 4.94. The smallest absolute Gasteiger partial charge is 0.441 e. The van der Waals surface area contributed by atoms with Crippen LogP contribution in [0.15, 0.2) is 33.6 Å². The van der Waals surface area contributed by atoms with E-state index in [1.54, 1.807) is 0 Å². The number of alkyl halides is 3. The number of halogens is 3. The van der Waals surface area contributed by atoms with E-state index in [2.05, 4.69) is 9.13 Å². The van der Waals surface area contributed by atoms with Gasteiger partial charge in [-0.15, -0.1) is 4.40 Å². The van der Waals surface area contributed by atoms with Gasteiger partial charge in [-0.2, -0.15) is 21.6 Å². The summed E-state index contributed by atoms with van der Waals surface area (Å²) in [6.07, 6.45) is -5.26. The van der Waals surface area contributed by atoms with Crippen molar-refractivity contribution in [2.24, 2.45) is 4.40 Å². The molecule has 0 saturated heterocycles. The lowest BCUT2D eigenvalue weighted by molar-refractivity contribution is -0.137. The molecule has 10 heteroatoms. The first-order chi connectivity index (χ1) is 9.61. The van der Waals surface area contributed by atoms with Crippen molar-refractivity contribution < 1.29 is 35.9 Å². The average Bonchev–Trinajstić information content (AvgIpc) is 2.43. The second kappa shape index (κ2) is 6.12. The molecule has 0 heterocycles. The fraction of sp³-hybridized carbons (Fsp3) is 0.273. The van der Waals surface area contributed by atoms with Gasteiger partial charge in [0.05, 0.1) is 19.1 Å². The highest BCUT2D eigenvalue weighted by molar-refractivity contribution is 7.90. The summed E-state index contributed by atoms with van der Waals surface area (Å²) in [5.41, 5.74) is -2.15. The van der Waals surface area contributed by atoms with E-state index in [1.807, 2.05) is 0 Å². The monoisotopic (exact) mass is 325 g/mol. The molecule has 0 aliphatic carbocycles. The van der Waals surface area contributed by atoms with Gasteiger partial charge in [-0.25, -0.2) is 4.79 Å². The van der Waals surface area contributed by atoms with Crippen LogP contribution in [0.25, 0.3) is 0 Å².